The van der Waals surface area contributed by atoms with Gasteiger partial charge in [-0.1, -0.05) is 48.5 Å². The molecule has 0 aliphatic heterocycles. The first-order chi connectivity index (χ1) is 13.4. The number of benzene rings is 3. The van der Waals surface area contributed by atoms with E-state index >= 15 is 0 Å². The average Bonchev–Trinajstić information content (AvgIpc) is 2.72. The highest BCUT2D eigenvalue weighted by Gasteiger charge is 2.37. The molecule has 1 N–H and O–H groups in total. The Balaban J connectivity index is 1.99. The molecule has 0 saturated heterocycles. The molecule has 0 aliphatic carbocycles. The topological polar surface area (TPSA) is 49.8 Å². The maximum Gasteiger partial charge on any atom is 0.264 e. The van der Waals surface area contributed by atoms with Crippen molar-refractivity contribution in [2.75, 3.05) is 19.0 Å². The van der Waals surface area contributed by atoms with Crippen molar-refractivity contribution in [1.82, 2.24) is 0 Å². The Morgan fingerprint density at radius 2 is 1.57 bits per heavy atom. The minimum absolute atomic E-state index is 0.0407. The number of nitrogens with zero attached hydrogens (tertiary/aromatic N) is 1. The first kappa shape index (κ1) is 20.3. The predicted molar refractivity (Wildman–Crippen MR) is 111 cm³/mol. The largest absolute Gasteiger partial charge is 0.378 e. The smallest absolute Gasteiger partial charge is 0.264 e. The number of anilines is 1. The third-order valence-corrected chi connectivity index (χ3v) is 6.95. The first-order valence-electron chi connectivity index (χ1n) is 8.90. The molecule has 3 aromatic carbocycles. The van der Waals surface area contributed by atoms with E-state index in [2.05, 4.69) is 0 Å². The monoisotopic (exact) mass is 399 g/mol. The van der Waals surface area contributed by atoms with E-state index < -0.39 is 19.0 Å². The summed E-state index contributed by atoms with van der Waals surface area (Å²) in [6, 6.07) is 21.9. The molecule has 0 bridgehead atoms. The standard InChI is InChI=1S/C22H23FNO3P/c1-24(2)18-12-14-19(15-13-18)28(26,27-16-17-8-4-3-5-9-17)22(25)20-10-6-7-11-21(20)23/h3-15,22,25H,16H2,1-2H3/t22-,28-/m1/s1. The van der Waals surface area contributed by atoms with E-state index in [1.807, 2.05) is 49.3 Å². The lowest BCUT2D eigenvalue weighted by atomic mass is 10.2. The molecule has 28 heavy (non-hydrogen) atoms. The predicted octanol–water partition coefficient (Wildman–Crippen LogP) is 4.70. The molecule has 3 aromatic rings. The van der Waals surface area contributed by atoms with Crippen LogP contribution in [0.15, 0.2) is 78.9 Å². The Labute approximate surface area is 164 Å². The average molecular weight is 399 g/mol. The van der Waals surface area contributed by atoms with Gasteiger partial charge >= 0.3 is 0 Å². The third-order valence-electron chi connectivity index (χ3n) is 4.50. The molecule has 0 amide bonds. The molecule has 4 nitrogen and oxygen atoms in total. The summed E-state index contributed by atoms with van der Waals surface area (Å²) in [6.07, 6.45) is 0. The normalized spacial score (nSPS) is 14.3. The zero-order valence-electron chi connectivity index (χ0n) is 15.8. The molecule has 0 saturated carbocycles. The lowest BCUT2D eigenvalue weighted by Gasteiger charge is -2.25. The van der Waals surface area contributed by atoms with Gasteiger partial charge in [0.05, 0.1) is 6.61 Å². The van der Waals surface area contributed by atoms with Crippen LogP contribution in [0, 0.1) is 5.82 Å². The number of aliphatic hydroxyl groups excluding tert-OH is 1. The van der Waals surface area contributed by atoms with E-state index in [-0.39, 0.29) is 12.2 Å². The first-order valence-corrected chi connectivity index (χ1v) is 10.6. The van der Waals surface area contributed by atoms with Crippen LogP contribution in [0.2, 0.25) is 0 Å². The Kier molecular flexibility index (Phi) is 6.30. The molecule has 6 heteroatoms. The summed E-state index contributed by atoms with van der Waals surface area (Å²) in [5.41, 5.74) is 1.68. The summed E-state index contributed by atoms with van der Waals surface area (Å²) < 4.78 is 33.9. The third kappa shape index (κ3) is 4.33. The van der Waals surface area contributed by atoms with Gasteiger partial charge in [-0.05, 0) is 35.9 Å². The van der Waals surface area contributed by atoms with Gasteiger partial charge in [-0.15, -0.1) is 0 Å². The summed E-state index contributed by atoms with van der Waals surface area (Å²) >= 11 is 0. The minimum atomic E-state index is -3.83. The van der Waals surface area contributed by atoms with E-state index in [1.165, 1.54) is 18.2 Å². The molecular formula is C22H23FNO3P. The molecule has 0 spiro atoms. The van der Waals surface area contributed by atoms with Crippen LogP contribution >= 0.6 is 7.37 Å². The highest BCUT2D eigenvalue weighted by Crippen LogP contribution is 2.58. The van der Waals surface area contributed by atoms with Crippen LogP contribution in [0.25, 0.3) is 0 Å². The molecule has 0 radical (unpaired) electrons. The molecule has 146 valence electrons. The van der Waals surface area contributed by atoms with Gasteiger partial charge in [0.25, 0.3) is 7.37 Å². The fraction of sp³-hybridized carbons (Fsp3) is 0.182. The Hall–Kier alpha value is -2.46. The molecule has 0 fully saturated rings. The summed E-state index contributed by atoms with van der Waals surface area (Å²) in [5.74, 6) is -2.23. The fourth-order valence-electron chi connectivity index (χ4n) is 2.86. The van der Waals surface area contributed by atoms with Gasteiger partial charge in [-0.2, -0.15) is 0 Å². The maximum absolute atomic E-state index is 14.3. The highest BCUT2D eigenvalue weighted by molar-refractivity contribution is 7.67. The summed E-state index contributed by atoms with van der Waals surface area (Å²) in [6.45, 7) is 0.0407. The lowest BCUT2D eigenvalue weighted by molar-refractivity contribution is 0.206. The number of halogens is 1. The second-order valence-corrected chi connectivity index (χ2v) is 9.12. The van der Waals surface area contributed by atoms with Gasteiger partial charge in [0, 0.05) is 30.7 Å². The summed E-state index contributed by atoms with van der Waals surface area (Å²) in [5, 5.41) is 11.2. The van der Waals surface area contributed by atoms with Gasteiger partial charge in [-0.3, -0.25) is 4.57 Å². The van der Waals surface area contributed by atoms with Gasteiger partial charge in [0.1, 0.15) is 5.82 Å². The van der Waals surface area contributed by atoms with Crippen molar-refractivity contribution in [2.24, 2.45) is 0 Å². The van der Waals surface area contributed by atoms with Crippen LogP contribution in [0.5, 0.6) is 0 Å². The number of hydrogen-bond acceptors (Lipinski definition) is 4. The van der Waals surface area contributed by atoms with Crippen molar-refractivity contribution in [3.8, 4) is 0 Å². The van der Waals surface area contributed by atoms with Crippen molar-refractivity contribution in [3.05, 3.63) is 95.8 Å². The van der Waals surface area contributed by atoms with E-state index in [1.54, 1.807) is 30.3 Å². The van der Waals surface area contributed by atoms with E-state index in [4.69, 9.17) is 4.52 Å². The summed E-state index contributed by atoms with van der Waals surface area (Å²) in [7, 11) is -0.0351. The van der Waals surface area contributed by atoms with Gasteiger partial charge in [-0.25, -0.2) is 4.39 Å². The zero-order valence-corrected chi connectivity index (χ0v) is 16.7. The summed E-state index contributed by atoms with van der Waals surface area (Å²) in [4.78, 5) is 1.91. The van der Waals surface area contributed by atoms with E-state index in [0.29, 0.717) is 5.30 Å². The van der Waals surface area contributed by atoms with Crippen LogP contribution in [0.1, 0.15) is 17.0 Å². The fourth-order valence-corrected chi connectivity index (χ4v) is 4.91. The van der Waals surface area contributed by atoms with Crippen molar-refractivity contribution < 1.29 is 18.6 Å². The lowest BCUT2D eigenvalue weighted by Crippen LogP contribution is -2.16. The molecule has 0 aliphatic rings. The van der Waals surface area contributed by atoms with Gasteiger partial charge in [0.2, 0.25) is 0 Å². The SMILES string of the molecule is CN(C)c1ccc([P@@](=O)(OCc2ccccc2)[C@@H](O)c2ccccc2F)cc1. The molecule has 2 atom stereocenters. The zero-order chi connectivity index (χ0) is 20.1. The van der Waals surface area contributed by atoms with Crippen LogP contribution in [0.3, 0.4) is 0 Å². The van der Waals surface area contributed by atoms with Crippen molar-refractivity contribution in [1.29, 1.82) is 0 Å². The van der Waals surface area contributed by atoms with Crippen molar-refractivity contribution in [2.45, 2.75) is 12.5 Å². The maximum atomic E-state index is 14.3. The van der Waals surface area contributed by atoms with Crippen LogP contribution in [-0.4, -0.2) is 19.2 Å². The number of aliphatic hydroxyl groups is 1. The van der Waals surface area contributed by atoms with Crippen molar-refractivity contribution >= 4 is 18.4 Å². The van der Waals surface area contributed by atoms with Crippen LogP contribution in [0.4, 0.5) is 10.1 Å². The van der Waals surface area contributed by atoms with Crippen LogP contribution < -0.4 is 10.2 Å². The van der Waals surface area contributed by atoms with Gasteiger partial charge in [0.15, 0.2) is 5.85 Å². The molecule has 0 aromatic heterocycles. The number of rotatable bonds is 7. The highest BCUT2D eigenvalue weighted by atomic mass is 31.2. The Bertz CT molecular complexity index is 961. The van der Waals surface area contributed by atoms with Gasteiger partial charge < -0.3 is 14.5 Å². The van der Waals surface area contributed by atoms with E-state index in [0.717, 1.165) is 11.3 Å². The van der Waals surface area contributed by atoms with Crippen LogP contribution in [-0.2, 0) is 15.7 Å². The molecular weight excluding hydrogens is 376 g/mol. The minimum Gasteiger partial charge on any atom is -0.378 e. The quantitative estimate of drug-likeness (QED) is 0.585. The molecule has 3 rings (SSSR count). The Morgan fingerprint density at radius 3 is 2.18 bits per heavy atom. The Morgan fingerprint density at radius 1 is 0.964 bits per heavy atom. The molecule has 0 unspecified atom stereocenters. The van der Waals surface area contributed by atoms with E-state index in [9.17, 15) is 14.1 Å². The second-order valence-electron chi connectivity index (χ2n) is 6.66. The van der Waals surface area contributed by atoms with Crippen molar-refractivity contribution in [3.63, 3.8) is 0 Å². The second kappa shape index (κ2) is 8.70. The number of hydrogen-bond donors (Lipinski definition) is 1. The molecule has 0 heterocycles.